The zero-order chi connectivity index (χ0) is 27.8. The van der Waals surface area contributed by atoms with E-state index in [1.54, 1.807) is 0 Å². The molecule has 3 heteroatoms. The lowest BCUT2D eigenvalue weighted by Crippen LogP contribution is -2.25. The van der Waals surface area contributed by atoms with Gasteiger partial charge in [0, 0.05) is 54.6 Å². The molecule has 0 atom stereocenters. The molecule has 0 radical (unpaired) electrons. The molecule has 204 valence electrons. The number of benzene rings is 4. The first-order chi connectivity index (χ1) is 19.0. The van der Waals surface area contributed by atoms with Crippen molar-refractivity contribution in [1.29, 1.82) is 0 Å². The molecule has 0 N–H and O–H groups in total. The molecule has 0 bridgehead atoms. The van der Waals surface area contributed by atoms with Gasteiger partial charge >= 0.3 is 0 Å². The van der Waals surface area contributed by atoms with Crippen LogP contribution in [0.3, 0.4) is 0 Å². The van der Waals surface area contributed by atoms with Crippen molar-refractivity contribution in [3.8, 4) is 0 Å². The molecule has 0 saturated heterocycles. The molecule has 3 nitrogen and oxygen atoms in total. The van der Waals surface area contributed by atoms with E-state index in [2.05, 4.69) is 147 Å². The van der Waals surface area contributed by atoms with Gasteiger partial charge in [0.2, 0.25) is 0 Å². The summed E-state index contributed by atoms with van der Waals surface area (Å²) >= 11 is 0. The minimum absolute atomic E-state index is 1.02. The van der Waals surface area contributed by atoms with E-state index in [9.17, 15) is 0 Å². The molecule has 39 heavy (non-hydrogen) atoms. The van der Waals surface area contributed by atoms with Crippen molar-refractivity contribution in [2.75, 3.05) is 40.9 Å². The van der Waals surface area contributed by atoms with Crippen molar-refractivity contribution in [3.63, 3.8) is 0 Å². The lowest BCUT2D eigenvalue weighted by Gasteiger charge is -2.28. The highest BCUT2D eigenvalue weighted by Crippen LogP contribution is 2.35. The minimum Gasteiger partial charge on any atom is -0.372 e. The Labute approximate surface area is 236 Å². The monoisotopic (exact) mass is 519 g/mol. The molecule has 0 aliphatic heterocycles. The van der Waals surface area contributed by atoms with E-state index in [1.165, 1.54) is 50.7 Å². The second-order valence-corrected chi connectivity index (χ2v) is 10.3. The van der Waals surface area contributed by atoms with Gasteiger partial charge < -0.3 is 14.7 Å². The summed E-state index contributed by atoms with van der Waals surface area (Å²) in [5.74, 6) is 0. The van der Waals surface area contributed by atoms with Gasteiger partial charge in [-0.15, -0.1) is 0 Å². The van der Waals surface area contributed by atoms with Gasteiger partial charge in [-0.25, -0.2) is 0 Å². The maximum Gasteiger partial charge on any atom is 0.0461 e. The quantitative estimate of drug-likeness (QED) is 0.185. The van der Waals surface area contributed by atoms with E-state index in [0.717, 1.165) is 39.0 Å². The minimum atomic E-state index is 1.02. The third-order valence-electron chi connectivity index (χ3n) is 7.76. The maximum absolute atomic E-state index is 2.49. The fourth-order valence-corrected chi connectivity index (χ4v) is 5.33. The number of hydrogen-bond acceptors (Lipinski definition) is 3. The molecule has 0 aromatic heterocycles. The smallest absolute Gasteiger partial charge is 0.0461 e. The molecule has 4 aromatic rings. The third kappa shape index (κ3) is 6.84. The molecule has 0 saturated carbocycles. The zero-order valence-corrected chi connectivity index (χ0v) is 24.7. The first kappa shape index (κ1) is 28.3. The lowest BCUT2D eigenvalue weighted by atomic mass is 10.0. The summed E-state index contributed by atoms with van der Waals surface area (Å²) in [6.07, 6.45) is 2.05. The predicted octanol–water partition coefficient (Wildman–Crippen LogP) is 9.25. The van der Waals surface area contributed by atoms with Crippen molar-refractivity contribution >= 4 is 28.4 Å². The molecular weight excluding hydrogens is 474 g/mol. The van der Waals surface area contributed by atoms with Crippen LogP contribution in [0.4, 0.5) is 28.4 Å². The van der Waals surface area contributed by atoms with Crippen molar-refractivity contribution in [2.45, 2.75) is 54.4 Å². The molecular formula is C36H45N3. The fourth-order valence-electron chi connectivity index (χ4n) is 5.33. The Balaban J connectivity index is 1.58. The molecule has 0 aliphatic carbocycles. The van der Waals surface area contributed by atoms with Gasteiger partial charge in [0.15, 0.2) is 0 Å². The summed E-state index contributed by atoms with van der Waals surface area (Å²) in [4.78, 5) is 7.27. The first-order valence-corrected chi connectivity index (χ1v) is 14.6. The fraction of sp³-hybridized carbons (Fsp3) is 0.333. The topological polar surface area (TPSA) is 9.72 Å². The molecule has 0 amide bonds. The van der Waals surface area contributed by atoms with Gasteiger partial charge in [-0.1, -0.05) is 53.6 Å². The van der Waals surface area contributed by atoms with E-state index in [-0.39, 0.29) is 0 Å². The van der Waals surface area contributed by atoms with Gasteiger partial charge in [-0.3, -0.25) is 0 Å². The number of rotatable bonds is 12. The second-order valence-electron chi connectivity index (χ2n) is 10.3. The predicted molar refractivity (Wildman–Crippen MR) is 172 cm³/mol. The summed E-state index contributed by atoms with van der Waals surface area (Å²) in [7, 11) is 0. The highest BCUT2D eigenvalue weighted by molar-refractivity contribution is 5.76. The maximum atomic E-state index is 2.49. The Bertz CT molecular complexity index is 1250. The van der Waals surface area contributed by atoms with Crippen LogP contribution >= 0.6 is 0 Å². The summed E-state index contributed by atoms with van der Waals surface area (Å²) in [5.41, 5.74) is 11.6. The normalized spacial score (nSPS) is 10.9. The summed E-state index contributed by atoms with van der Waals surface area (Å²) in [6.45, 7) is 17.3. The van der Waals surface area contributed by atoms with Crippen molar-refractivity contribution < 1.29 is 0 Å². The first-order valence-electron chi connectivity index (χ1n) is 14.6. The number of anilines is 5. The summed E-state index contributed by atoms with van der Waals surface area (Å²) in [6, 6.07) is 33.8. The van der Waals surface area contributed by atoms with Crippen LogP contribution in [0.2, 0.25) is 0 Å². The van der Waals surface area contributed by atoms with Crippen LogP contribution in [-0.4, -0.2) is 26.2 Å². The van der Waals surface area contributed by atoms with E-state index >= 15 is 0 Å². The molecule has 4 rings (SSSR count). The second kappa shape index (κ2) is 13.4. The molecule has 4 aromatic carbocycles. The SMILES string of the molecule is CCN(CC)c1ccc(CCc2ccc(N(c3ccc(C)cc3)c3ccc(C)cc3)cc2)c(N(CC)CC)c1. The summed E-state index contributed by atoms with van der Waals surface area (Å²) < 4.78 is 0. The average Bonchev–Trinajstić information content (AvgIpc) is 2.97. The highest BCUT2D eigenvalue weighted by Gasteiger charge is 2.14. The van der Waals surface area contributed by atoms with E-state index < -0.39 is 0 Å². The number of aryl methyl sites for hydroxylation is 4. The Morgan fingerprint density at radius 3 is 1.36 bits per heavy atom. The molecule has 0 fully saturated rings. The Morgan fingerprint density at radius 2 is 0.897 bits per heavy atom. The molecule has 0 heterocycles. The zero-order valence-electron chi connectivity index (χ0n) is 24.7. The van der Waals surface area contributed by atoms with Crippen LogP contribution in [0.25, 0.3) is 0 Å². The molecule has 0 aliphatic rings. The van der Waals surface area contributed by atoms with Crippen LogP contribution in [0.15, 0.2) is 91.0 Å². The van der Waals surface area contributed by atoms with Crippen LogP contribution < -0.4 is 14.7 Å². The third-order valence-corrected chi connectivity index (χ3v) is 7.76. The van der Waals surface area contributed by atoms with Crippen molar-refractivity contribution in [3.05, 3.63) is 113 Å². The number of hydrogen-bond donors (Lipinski definition) is 0. The van der Waals surface area contributed by atoms with Crippen LogP contribution in [-0.2, 0) is 12.8 Å². The van der Waals surface area contributed by atoms with Crippen LogP contribution in [0, 0.1) is 13.8 Å². The lowest BCUT2D eigenvalue weighted by molar-refractivity contribution is 0.837. The Kier molecular flexibility index (Phi) is 9.70. The largest absolute Gasteiger partial charge is 0.372 e. The number of nitrogens with zero attached hydrogens (tertiary/aromatic N) is 3. The van der Waals surface area contributed by atoms with Crippen molar-refractivity contribution in [2.24, 2.45) is 0 Å². The van der Waals surface area contributed by atoms with E-state index in [4.69, 9.17) is 0 Å². The highest BCUT2D eigenvalue weighted by atomic mass is 15.1. The van der Waals surface area contributed by atoms with Gasteiger partial charge in [0.05, 0.1) is 0 Å². The van der Waals surface area contributed by atoms with Gasteiger partial charge in [0.1, 0.15) is 0 Å². The standard InChI is InChI=1S/C36H45N3/c1-7-37(8-2)35-26-19-31(36(27-35)38(9-3)10-4)18-15-30-16-24-34(25-17-30)39(32-20-11-28(5)12-21-32)33-22-13-29(6)14-23-33/h11-14,16-17,19-27H,7-10,15,18H2,1-6H3. The van der Waals surface area contributed by atoms with Crippen LogP contribution in [0.5, 0.6) is 0 Å². The van der Waals surface area contributed by atoms with Gasteiger partial charge in [-0.05, 0) is 114 Å². The average molecular weight is 520 g/mol. The Morgan fingerprint density at radius 1 is 0.462 bits per heavy atom. The summed E-state index contributed by atoms with van der Waals surface area (Å²) in [5, 5.41) is 0. The van der Waals surface area contributed by atoms with Gasteiger partial charge in [0.25, 0.3) is 0 Å². The Hall–Kier alpha value is -3.72. The van der Waals surface area contributed by atoms with Crippen molar-refractivity contribution in [1.82, 2.24) is 0 Å². The van der Waals surface area contributed by atoms with E-state index in [1.807, 2.05) is 0 Å². The van der Waals surface area contributed by atoms with Crippen LogP contribution in [0.1, 0.15) is 49.9 Å². The van der Waals surface area contributed by atoms with E-state index in [0.29, 0.717) is 0 Å². The molecule has 0 spiro atoms. The molecule has 0 unspecified atom stereocenters. The van der Waals surface area contributed by atoms with Gasteiger partial charge in [-0.2, -0.15) is 0 Å².